The molecule has 144 valence electrons. The predicted molar refractivity (Wildman–Crippen MR) is 89.0 cm³/mol. The molecule has 1 fully saturated rings. The lowest BCUT2D eigenvalue weighted by Gasteiger charge is -2.42. The molecule has 0 radical (unpaired) electrons. The van der Waals surface area contributed by atoms with Crippen LogP contribution in [0.4, 0.5) is 0 Å². The van der Waals surface area contributed by atoms with Gasteiger partial charge < -0.3 is 34.8 Å². The van der Waals surface area contributed by atoms with Crippen molar-refractivity contribution in [1.82, 2.24) is 5.32 Å². The van der Waals surface area contributed by atoms with Gasteiger partial charge in [0.15, 0.2) is 17.3 Å². The fraction of sp³-hybridized carbons (Fsp3) is 0.529. The van der Waals surface area contributed by atoms with Gasteiger partial charge in [-0.25, -0.2) is 0 Å². The first kappa shape index (κ1) is 20.1. The summed E-state index contributed by atoms with van der Waals surface area (Å²) in [5.74, 6) is -0.152. The Bertz CT molecular complexity index is 664. The number of amides is 1. The number of ether oxygens (including phenoxy) is 3. The van der Waals surface area contributed by atoms with Crippen LogP contribution in [0.25, 0.3) is 0 Å². The van der Waals surface area contributed by atoms with Crippen molar-refractivity contribution >= 4 is 11.7 Å². The molecular weight excluding hydrogens is 346 g/mol. The summed E-state index contributed by atoms with van der Waals surface area (Å²) < 4.78 is 16.4. The zero-order chi connectivity index (χ0) is 19.4. The Balaban J connectivity index is 2.31. The Morgan fingerprint density at radius 1 is 1.19 bits per heavy atom. The number of hydrogen-bond donors (Lipinski definition) is 4. The highest BCUT2D eigenvalue weighted by Crippen LogP contribution is 2.32. The average Bonchev–Trinajstić information content (AvgIpc) is 2.60. The first-order valence-electron chi connectivity index (χ1n) is 8.03. The van der Waals surface area contributed by atoms with E-state index < -0.39 is 43.2 Å². The van der Waals surface area contributed by atoms with Gasteiger partial charge in [-0.05, 0) is 25.1 Å². The van der Waals surface area contributed by atoms with Crippen LogP contribution in [0, 0.1) is 0 Å². The molecule has 1 aromatic rings. The van der Waals surface area contributed by atoms with Crippen molar-refractivity contribution in [3.63, 3.8) is 0 Å². The molecule has 1 aromatic carbocycles. The number of hydrogen-bond acceptors (Lipinski definition) is 8. The van der Waals surface area contributed by atoms with E-state index >= 15 is 0 Å². The maximum absolute atomic E-state index is 11.5. The van der Waals surface area contributed by atoms with Crippen molar-refractivity contribution in [3.05, 3.63) is 23.8 Å². The highest BCUT2D eigenvalue weighted by atomic mass is 16.7. The van der Waals surface area contributed by atoms with Crippen LogP contribution in [-0.4, -0.2) is 71.4 Å². The third kappa shape index (κ3) is 4.31. The summed E-state index contributed by atoms with van der Waals surface area (Å²) in [6, 6.07) is 3.44. The van der Waals surface area contributed by atoms with Gasteiger partial charge in [0.25, 0.3) is 0 Å². The molecule has 1 amide bonds. The lowest BCUT2D eigenvalue weighted by atomic mass is 9.97. The van der Waals surface area contributed by atoms with Crippen LogP contribution in [0.5, 0.6) is 11.5 Å². The minimum absolute atomic E-state index is 0.154. The molecule has 1 aliphatic rings. The second kappa shape index (κ2) is 8.45. The number of carbonyl (C=O) groups excluding carboxylic acids is 2. The van der Waals surface area contributed by atoms with Crippen molar-refractivity contribution in [2.75, 3.05) is 13.7 Å². The fourth-order valence-corrected chi connectivity index (χ4v) is 2.68. The molecule has 0 aromatic heterocycles. The molecule has 1 aliphatic heterocycles. The maximum atomic E-state index is 11.5. The van der Waals surface area contributed by atoms with Crippen LogP contribution in [0.3, 0.4) is 0 Å². The molecule has 1 saturated heterocycles. The number of Topliss-reactive ketones (excluding diaryl/α,β-unsaturated/α-hetero) is 1. The number of ketones is 1. The lowest BCUT2D eigenvalue weighted by Crippen LogP contribution is -2.65. The number of aliphatic hydroxyl groups is 3. The van der Waals surface area contributed by atoms with Crippen LogP contribution in [0.15, 0.2) is 18.2 Å². The Hall–Kier alpha value is -2.20. The molecule has 0 saturated carbocycles. The second-order valence-corrected chi connectivity index (χ2v) is 5.97. The maximum Gasteiger partial charge on any atom is 0.223 e. The van der Waals surface area contributed by atoms with E-state index in [0.29, 0.717) is 5.56 Å². The molecule has 9 heteroatoms. The summed E-state index contributed by atoms with van der Waals surface area (Å²) >= 11 is 0. The lowest BCUT2D eigenvalue weighted by molar-refractivity contribution is -0.244. The average molecular weight is 369 g/mol. The molecular formula is C17H23NO8. The first-order chi connectivity index (χ1) is 12.3. The van der Waals surface area contributed by atoms with E-state index in [4.69, 9.17) is 14.2 Å². The van der Waals surface area contributed by atoms with E-state index in [1.54, 1.807) is 0 Å². The van der Waals surface area contributed by atoms with Gasteiger partial charge in [-0.1, -0.05) is 0 Å². The minimum atomic E-state index is -1.42. The SMILES string of the molecule is COc1cc(C(C)=O)ccc1O[C@@H]1O[C@H](CO)[C@H](O)[C@H](O)[C@@H]1NC(C)=O. The van der Waals surface area contributed by atoms with Gasteiger partial charge in [0.2, 0.25) is 12.2 Å². The monoisotopic (exact) mass is 369 g/mol. The van der Waals surface area contributed by atoms with Crippen LogP contribution >= 0.6 is 0 Å². The molecule has 0 aliphatic carbocycles. The summed E-state index contributed by atoms with van der Waals surface area (Å²) in [6.45, 7) is 2.11. The molecule has 0 spiro atoms. The highest BCUT2D eigenvalue weighted by molar-refractivity contribution is 5.94. The number of carbonyl (C=O) groups is 2. The molecule has 0 bridgehead atoms. The van der Waals surface area contributed by atoms with Crippen molar-refractivity contribution in [3.8, 4) is 11.5 Å². The number of methoxy groups -OCH3 is 1. The standard InChI is InChI=1S/C17H23NO8/c1-8(20)10-4-5-11(12(6-10)24-3)25-17-14(18-9(2)21)16(23)15(22)13(7-19)26-17/h4-6,13-17,19,22-23H,7H2,1-3H3,(H,18,21)/t13-,14+,15+,16-,17-/m1/s1. The summed E-state index contributed by atoms with van der Waals surface area (Å²) in [7, 11) is 1.40. The van der Waals surface area contributed by atoms with Gasteiger partial charge in [-0.2, -0.15) is 0 Å². The number of aliphatic hydroxyl groups excluding tert-OH is 3. The number of nitrogens with one attached hydrogen (secondary N) is 1. The van der Waals surface area contributed by atoms with Crippen molar-refractivity contribution in [2.24, 2.45) is 0 Å². The van der Waals surface area contributed by atoms with E-state index in [1.165, 1.54) is 39.2 Å². The number of rotatable bonds is 6. The first-order valence-corrected chi connectivity index (χ1v) is 8.03. The molecule has 0 unspecified atom stereocenters. The van der Waals surface area contributed by atoms with Gasteiger partial charge in [-0.15, -0.1) is 0 Å². The molecule has 9 nitrogen and oxygen atoms in total. The predicted octanol–water partition coefficient (Wildman–Crippen LogP) is -0.780. The van der Waals surface area contributed by atoms with Crippen molar-refractivity contribution < 1.29 is 39.1 Å². The minimum Gasteiger partial charge on any atom is -0.493 e. The normalized spacial score (nSPS) is 28.3. The topological polar surface area (TPSA) is 135 Å². The zero-order valence-electron chi connectivity index (χ0n) is 14.7. The van der Waals surface area contributed by atoms with E-state index in [-0.39, 0.29) is 17.3 Å². The van der Waals surface area contributed by atoms with Crippen LogP contribution in [-0.2, 0) is 9.53 Å². The van der Waals surface area contributed by atoms with Gasteiger partial charge >= 0.3 is 0 Å². The Morgan fingerprint density at radius 3 is 2.42 bits per heavy atom. The van der Waals surface area contributed by atoms with Gasteiger partial charge in [0.1, 0.15) is 24.4 Å². The van der Waals surface area contributed by atoms with Crippen LogP contribution in [0.2, 0.25) is 0 Å². The van der Waals surface area contributed by atoms with Crippen molar-refractivity contribution in [2.45, 2.75) is 44.5 Å². The van der Waals surface area contributed by atoms with Gasteiger partial charge in [-0.3, -0.25) is 9.59 Å². The third-order valence-corrected chi connectivity index (χ3v) is 4.06. The van der Waals surface area contributed by atoms with E-state index in [9.17, 15) is 24.9 Å². The zero-order valence-corrected chi connectivity index (χ0v) is 14.7. The van der Waals surface area contributed by atoms with E-state index in [1.807, 2.05) is 0 Å². The summed E-state index contributed by atoms with van der Waals surface area (Å²) in [5, 5.41) is 32.1. The Morgan fingerprint density at radius 2 is 1.88 bits per heavy atom. The molecule has 2 rings (SSSR count). The largest absolute Gasteiger partial charge is 0.493 e. The summed E-state index contributed by atoms with van der Waals surface area (Å²) in [4.78, 5) is 22.9. The molecule has 26 heavy (non-hydrogen) atoms. The van der Waals surface area contributed by atoms with Gasteiger partial charge in [0, 0.05) is 12.5 Å². The summed E-state index contributed by atoms with van der Waals surface area (Å²) in [5.41, 5.74) is 0.417. The molecule has 4 N–H and O–H groups in total. The van der Waals surface area contributed by atoms with Crippen LogP contribution < -0.4 is 14.8 Å². The highest BCUT2D eigenvalue weighted by Gasteiger charge is 2.46. The van der Waals surface area contributed by atoms with E-state index in [0.717, 1.165) is 0 Å². The van der Waals surface area contributed by atoms with E-state index in [2.05, 4.69) is 5.32 Å². The quantitative estimate of drug-likeness (QED) is 0.480. The Kier molecular flexibility index (Phi) is 6.54. The van der Waals surface area contributed by atoms with Crippen LogP contribution in [0.1, 0.15) is 24.2 Å². The third-order valence-electron chi connectivity index (χ3n) is 4.06. The van der Waals surface area contributed by atoms with Gasteiger partial charge in [0.05, 0.1) is 13.7 Å². The second-order valence-electron chi connectivity index (χ2n) is 5.97. The smallest absolute Gasteiger partial charge is 0.223 e. The fourth-order valence-electron chi connectivity index (χ4n) is 2.68. The molecule has 5 atom stereocenters. The van der Waals surface area contributed by atoms with Crippen molar-refractivity contribution in [1.29, 1.82) is 0 Å². The Labute approximate surface area is 150 Å². The molecule has 1 heterocycles. The number of benzene rings is 1. The summed E-state index contributed by atoms with van der Waals surface area (Å²) in [6.07, 6.45) is -5.12.